The Balaban J connectivity index is 2.10. The molecule has 0 saturated heterocycles. The van der Waals surface area contributed by atoms with Gasteiger partial charge in [-0.05, 0) is 55.8 Å². The van der Waals surface area contributed by atoms with Crippen LogP contribution in [-0.2, 0) is 14.3 Å². The van der Waals surface area contributed by atoms with Gasteiger partial charge in [0.1, 0.15) is 5.75 Å². The number of hydrogen-bond acceptors (Lipinski definition) is 4. The number of halogens is 2. The molecule has 0 saturated carbocycles. The van der Waals surface area contributed by atoms with Gasteiger partial charge in [0, 0.05) is 11.4 Å². The van der Waals surface area contributed by atoms with Gasteiger partial charge >= 0.3 is 5.97 Å². The smallest absolute Gasteiger partial charge is 0.340 e. The summed E-state index contributed by atoms with van der Waals surface area (Å²) in [4.78, 5) is 27.2. The van der Waals surface area contributed by atoms with Gasteiger partial charge < -0.3 is 9.47 Å². The number of carbonyl (C=O) groups is 2. The summed E-state index contributed by atoms with van der Waals surface area (Å²) < 4.78 is 10.4. The third-order valence-electron chi connectivity index (χ3n) is 4.48. The van der Waals surface area contributed by atoms with E-state index >= 15 is 0 Å². The summed E-state index contributed by atoms with van der Waals surface area (Å²) in [7, 11) is 1.27. The number of nitrogens with zero attached hydrogens (tertiary/aromatic N) is 1. The molecule has 0 bridgehead atoms. The second-order valence-electron chi connectivity index (χ2n) is 6.22. The van der Waals surface area contributed by atoms with Crippen LogP contribution >= 0.6 is 23.2 Å². The zero-order valence-corrected chi connectivity index (χ0v) is 17.7. The highest BCUT2D eigenvalue weighted by atomic mass is 35.5. The average molecular weight is 432 g/mol. The first-order valence-electron chi connectivity index (χ1n) is 8.91. The fourth-order valence-electron chi connectivity index (χ4n) is 3.14. The van der Waals surface area contributed by atoms with Gasteiger partial charge in [0.2, 0.25) is 0 Å². The van der Waals surface area contributed by atoms with Crippen LogP contribution in [0.1, 0.15) is 19.4 Å². The molecule has 0 radical (unpaired) electrons. The number of methoxy groups -OCH3 is 1. The first-order chi connectivity index (χ1) is 13.9. The molecule has 150 valence electrons. The van der Waals surface area contributed by atoms with E-state index in [0.29, 0.717) is 39.3 Å². The van der Waals surface area contributed by atoms with Crippen molar-refractivity contribution in [2.45, 2.75) is 13.8 Å². The van der Waals surface area contributed by atoms with Gasteiger partial charge in [-0.2, -0.15) is 0 Å². The number of anilines is 1. The highest BCUT2D eigenvalue weighted by molar-refractivity contribution is 6.43. The van der Waals surface area contributed by atoms with E-state index in [0.717, 1.165) is 0 Å². The Hall–Kier alpha value is -2.76. The van der Waals surface area contributed by atoms with E-state index in [9.17, 15) is 9.59 Å². The van der Waals surface area contributed by atoms with Crippen molar-refractivity contribution in [3.8, 4) is 5.75 Å². The van der Waals surface area contributed by atoms with Crippen molar-refractivity contribution in [3.05, 3.63) is 74.9 Å². The molecule has 0 unspecified atom stereocenters. The predicted octanol–water partition coefficient (Wildman–Crippen LogP) is 5.27. The first kappa shape index (κ1) is 21.0. The molecule has 1 amide bonds. The Morgan fingerprint density at radius 2 is 1.83 bits per heavy atom. The van der Waals surface area contributed by atoms with E-state index < -0.39 is 5.97 Å². The van der Waals surface area contributed by atoms with Crippen molar-refractivity contribution in [2.24, 2.45) is 0 Å². The van der Waals surface area contributed by atoms with E-state index in [1.807, 2.05) is 6.92 Å². The van der Waals surface area contributed by atoms with Gasteiger partial charge in [-0.25, -0.2) is 4.79 Å². The van der Waals surface area contributed by atoms with Crippen LogP contribution < -0.4 is 9.64 Å². The molecular formula is C22H19Cl2NO4. The molecule has 0 fully saturated rings. The third kappa shape index (κ3) is 4.02. The summed E-state index contributed by atoms with van der Waals surface area (Å²) in [5.74, 6) is -0.268. The molecule has 1 aliphatic rings. The summed E-state index contributed by atoms with van der Waals surface area (Å²) in [5.41, 5.74) is 1.98. The highest BCUT2D eigenvalue weighted by Crippen LogP contribution is 2.37. The number of ether oxygens (including phenoxy) is 2. The number of carbonyl (C=O) groups excluding carboxylic acids is 2. The van der Waals surface area contributed by atoms with E-state index in [1.54, 1.807) is 55.5 Å². The quantitative estimate of drug-likeness (QED) is 0.477. The molecule has 29 heavy (non-hydrogen) atoms. The molecule has 0 atom stereocenters. The zero-order chi connectivity index (χ0) is 21.1. The standard InChI is InChI=1S/C22H19Cl2NO4/c1-4-29-16-10-8-15(9-11-16)25-13(2)19(22(27)28-3)17(21(25)26)12-14-6-5-7-18(23)20(14)24/h5-12H,4H2,1-3H3/b17-12-. The van der Waals surface area contributed by atoms with Gasteiger partial charge in [-0.15, -0.1) is 0 Å². The van der Waals surface area contributed by atoms with Crippen LogP contribution in [0.15, 0.2) is 59.3 Å². The van der Waals surface area contributed by atoms with E-state index in [4.69, 9.17) is 32.7 Å². The molecule has 0 N–H and O–H groups in total. The van der Waals surface area contributed by atoms with Crippen LogP contribution in [0.2, 0.25) is 10.0 Å². The number of allylic oxidation sites excluding steroid dienone is 1. The van der Waals surface area contributed by atoms with E-state index in [1.165, 1.54) is 12.0 Å². The topological polar surface area (TPSA) is 55.8 Å². The fraction of sp³-hybridized carbons (Fsp3) is 0.182. The molecule has 7 heteroatoms. The lowest BCUT2D eigenvalue weighted by Gasteiger charge is -2.18. The number of amides is 1. The molecule has 0 aromatic heterocycles. The zero-order valence-electron chi connectivity index (χ0n) is 16.2. The third-order valence-corrected chi connectivity index (χ3v) is 5.31. The second kappa shape index (κ2) is 8.72. The summed E-state index contributed by atoms with van der Waals surface area (Å²) in [6.07, 6.45) is 1.56. The molecule has 2 aromatic rings. The lowest BCUT2D eigenvalue weighted by atomic mass is 10.0. The molecule has 0 spiro atoms. The average Bonchev–Trinajstić information content (AvgIpc) is 2.95. The van der Waals surface area contributed by atoms with Crippen molar-refractivity contribution in [1.82, 2.24) is 0 Å². The molecule has 1 aliphatic heterocycles. The lowest BCUT2D eigenvalue weighted by molar-refractivity contribution is -0.136. The second-order valence-corrected chi connectivity index (χ2v) is 7.01. The van der Waals surface area contributed by atoms with Crippen molar-refractivity contribution in [1.29, 1.82) is 0 Å². The Morgan fingerprint density at radius 1 is 1.14 bits per heavy atom. The summed E-state index contributed by atoms with van der Waals surface area (Å²) in [6, 6.07) is 12.2. The summed E-state index contributed by atoms with van der Waals surface area (Å²) in [6.45, 7) is 4.13. The molecule has 1 heterocycles. The van der Waals surface area contributed by atoms with Crippen LogP contribution in [0.4, 0.5) is 5.69 Å². The maximum Gasteiger partial charge on any atom is 0.340 e. The van der Waals surface area contributed by atoms with Gasteiger partial charge in [0.15, 0.2) is 0 Å². The van der Waals surface area contributed by atoms with E-state index in [2.05, 4.69) is 0 Å². The molecule has 3 rings (SSSR count). The van der Waals surface area contributed by atoms with E-state index in [-0.39, 0.29) is 17.1 Å². The summed E-state index contributed by atoms with van der Waals surface area (Å²) >= 11 is 12.4. The van der Waals surface area contributed by atoms with Crippen LogP contribution in [0.5, 0.6) is 5.75 Å². The number of benzene rings is 2. The van der Waals surface area contributed by atoms with Gasteiger partial charge in [0.05, 0.1) is 34.9 Å². The van der Waals surface area contributed by atoms with Crippen LogP contribution in [0.3, 0.4) is 0 Å². The Labute approximate surface area is 179 Å². The van der Waals surface area contributed by atoms with Crippen molar-refractivity contribution in [3.63, 3.8) is 0 Å². The number of hydrogen-bond donors (Lipinski definition) is 0. The summed E-state index contributed by atoms with van der Waals surface area (Å²) in [5, 5.41) is 0.658. The van der Waals surface area contributed by atoms with Crippen molar-refractivity contribution >= 4 is 46.8 Å². The maximum atomic E-state index is 13.3. The Bertz CT molecular complexity index is 1030. The van der Waals surface area contributed by atoms with Crippen molar-refractivity contribution < 1.29 is 19.1 Å². The van der Waals surface area contributed by atoms with Crippen LogP contribution in [0.25, 0.3) is 6.08 Å². The maximum absolute atomic E-state index is 13.3. The molecule has 2 aromatic carbocycles. The van der Waals surface area contributed by atoms with Gasteiger partial charge in [0.25, 0.3) is 5.91 Å². The molecular weight excluding hydrogens is 413 g/mol. The van der Waals surface area contributed by atoms with Gasteiger partial charge in [-0.1, -0.05) is 35.3 Å². The minimum atomic E-state index is -0.603. The Morgan fingerprint density at radius 3 is 2.45 bits per heavy atom. The van der Waals surface area contributed by atoms with Crippen LogP contribution in [0, 0.1) is 0 Å². The normalized spacial score (nSPS) is 15.3. The number of esters is 1. The van der Waals surface area contributed by atoms with Crippen LogP contribution in [-0.4, -0.2) is 25.6 Å². The minimum absolute atomic E-state index is 0.183. The molecule has 5 nitrogen and oxygen atoms in total. The highest BCUT2D eigenvalue weighted by Gasteiger charge is 2.38. The predicted molar refractivity (Wildman–Crippen MR) is 114 cm³/mol. The molecule has 0 aliphatic carbocycles. The SMILES string of the molecule is CCOc1ccc(N2C(=O)/C(=C\c3cccc(Cl)c3Cl)C(C(=O)OC)=C2C)cc1. The largest absolute Gasteiger partial charge is 0.494 e. The number of rotatable bonds is 5. The fourth-order valence-corrected chi connectivity index (χ4v) is 3.50. The Kier molecular flexibility index (Phi) is 6.30. The van der Waals surface area contributed by atoms with Gasteiger partial charge in [-0.3, -0.25) is 9.69 Å². The minimum Gasteiger partial charge on any atom is -0.494 e. The van der Waals surface area contributed by atoms with Crippen molar-refractivity contribution in [2.75, 3.05) is 18.6 Å². The lowest BCUT2D eigenvalue weighted by Crippen LogP contribution is -2.24. The first-order valence-corrected chi connectivity index (χ1v) is 9.67. The monoisotopic (exact) mass is 431 g/mol.